The Hall–Kier alpha value is -0.0900. The molecule has 0 aliphatic heterocycles. The first kappa shape index (κ1) is 12.4. The summed E-state index contributed by atoms with van der Waals surface area (Å²) >= 11 is 7.51. The SMILES string of the molecule is CC1(C)C(O)CC1NCCc1ccc(Cl)s1. The van der Waals surface area contributed by atoms with Crippen molar-refractivity contribution in [1.29, 1.82) is 0 Å². The van der Waals surface area contributed by atoms with Crippen LogP contribution in [0.2, 0.25) is 4.34 Å². The fourth-order valence-electron chi connectivity index (χ4n) is 2.10. The molecule has 2 unspecified atom stereocenters. The third kappa shape index (κ3) is 2.43. The van der Waals surface area contributed by atoms with Crippen LogP contribution in [0.3, 0.4) is 0 Å². The number of aliphatic hydroxyl groups excluding tert-OH is 1. The summed E-state index contributed by atoms with van der Waals surface area (Å²) in [6, 6.07) is 4.46. The molecule has 0 saturated heterocycles. The number of nitrogens with one attached hydrogen (secondary N) is 1. The first-order valence-corrected chi connectivity index (χ1v) is 6.85. The molecular formula is C12H18ClNOS. The van der Waals surface area contributed by atoms with Crippen LogP contribution in [0.25, 0.3) is 0 Å². The van der Waals surface area contributed by atoms with E-state index < -0.39 is 0 Å². The van der Waals surface area contributed by atoms with Gasteiger partial charge in [0.2, 0.25) is 0 Å². The van der Waals surface area contributed by atoms with Crippen LogP contribution < -0.4 is 5.32 Å². The lowest BCUT2D eigenvalue weighted by Gasteiger charge is -2.49. The number of thiophene rings is 1. The summed E-state index contributed by atoms with van der Waals surface area (Å²) in [7, 11) is 0. The van der Waals surface area contributed by atoms with Crippen molar-refractivity contribution in [3.63, 3.8) is 0 Å². The zero-order valence-electron chi connectivity index (χ0n) is 9.66. The molecule has 1 aliphatic rings. The number of hydrogen-bond donors (Lipinski definition) is 2. The van der Waals surface area contributed by atoms with E-state index in [1.54, 1.807) is 11.3 Å². The summed E-state index contributed by atoms with van der Waals surface area (Å²) in [5.74, 6) is 0. The molecule has 4 heteroatoms. The summed E-state index contributed by atoms with van der Waals surface area (Å²) in [6.45, 7) is 5.18. The van der Waals surface area contributed by atoms with Crippen LogP contribution in [0.5, 0.6) is 0 Å². The monoisotopic (exact) mass is 259 g/mol. The molecule has 1 aromatic rings. The average molecular weight is 260 g/mol. The van der Waals surface area contributed by atoms with Crippen LogP contribution in [-0.4, -0.2) is 23.8 Å². The molecule has 0 bridgehead atoms. The van der Waals surface area contributed by atoms with E-state index in [2.05, 4.69) is 25.2 Å². The van der Waals surface area contributed by atoms with E-state index in [0.29, 0.717) is 6.04 Å². The van der Waals surface area contributed by atoms with Gasteiger partial charge in [0.15, 0.2) is 0 Å². The van der Waals surface area contributed by atoms with Crippen LogP contribution in [0.4, 0.5) is 0 Å². The lowest BCUT2D eigenvalue weighted by Crippen LogP contribution is -2.60. The maximum Gasteiger partial charge on any atom is 0.0931 e. The summed E-state index contributed by atoms with van der Waals surface area (Å²) < 4.78 is 0.856. The Labute approximate surface area is 106 Å². The van der Waals surface area contributed by atoms with Gasteiger partial charge in [-0.2, -0.15) is 0 Å². The van der Waals surface area contributed by atoms with Gasteiger partial charge in [-0.05, 0) is 25.0 Å². The topological polar surface area (TPSA) is 32.3 Å². The summed E-state index contributed by atoms with van der Waals surface area (Å²) in [4.78, 5) is 1.31. The zero-order valence-corrected chi connectivity index (χ0v) is 11.2. The third-order valence-corrected chi connectivity index (χ3v) is 4.90. The normalized spacial score (nSPS) is 27.8. The minimum Gasteiger partial charge on any atom is -0.392 e. The van der Waals surface area contributed by atoms with Gasteiger partial charge >= 0.3 is 0 Å². The number of halogens is 1. The molecule has 0 amide bonds. The van der Waals surface area contributed by atoms with Crippen LogP contribution in [-0.2, 0) is 6.42 Å². The van der Waals surface area contributed by atoms with E-state index in [0.717, 1.165) is 23.7 Å². The summed E-state index contributed by atoms with van der Waals surface area (Å²) in [5, 5.41) is 13.1. The summed E-state index contributed by atoms with van der Waals surface area (Å²) in [5.41, 5.74) is 0.0209. The molecule has 1 aliphatic carbocycles. The molecule has 0 spiro atoms. The van der Waals surface area contributed by atoms with Gasteiger partial charge in [-0.15, -0.1) is 11.3 Å². The summed E-state index contributed by atoms with van der Waals surface area (Å²) in [6.07, 6.45) is 1.74. The van der Waals surface area contributed by atoms with Crippen molar-refractivity contribution in [2.24, 2.45) is 5.41 Å². The predicted octanol–water partition coefficient (Wildman–Crippen LogP) is 2.69. The first-order chi connectivity index (χ1) is 7.50. The van der Waals surface area contributed by atoms with Crippen molar-refractivity contribution in [1.82, 2.24) is 5.32 Å². The van der Waals surface area contributed by atoms with Gasteiger partial charge in [-0.3, -0.25) is 0 Å². The maximum atomic E-state index is 9.61. The van der Waals surface area contributed by atoms with Gasteiger partial charge in [0.25, 0.3) is 0 Å². The van der Waals surface area contributed by atoms with Gasteiger partial charge in [-0.1, -0.05) is 25.4 Å². The van der Waals surface area contributed by atoms with Crippen LogP contribution >= 0.6 is 22.9 Å². The largest absolute Gasteiger partial charge is 0.392 e. The molecule has 1 fully saturated rings. The fraction of sp³-hybridized carbons (Fsp3) is 0.667. The van der Waals surface area contributed by atoms with E-state index in [4.69, 9.17) is 11.6 Å². The Bertz CT molecular complexity index is 364. The van der Waals surface area contributed by atoms with Gasteiger partial charge in [0, 0.05) is 22.9 Å². The molecule has 1 saturated carbocycles. The zero-order chi connectivity index (χ0) is 11.8. The Morgan fingerprint density at radius 2 is 2.31 bits per heavy atom. The smallest absolute Gasteiger partial charge is 0.0931 e. The van der Waals surface area contributed by atoms with Crippen molar-refractivity contribution in [2.45, 2.75) is 38.8 Å². The van der Waals surface area contributed by atoms with E-state index in [-0.39, 0.29) is 11.5 Å². The van der Waals surface area contributed by atoms with Crippen molar-refractivity contribution < 1.29 is 5.11 Å². The molecule has 2 atom stereocenters. The van der Waals surface area contributed by atoms with Crippen molar-refractivity contribution in [2.75, 3.05) is 6.54 Å². The van der Waals surface area contributed by atoms with Crippen molar-refractivity contribution >= 4 is 22.9 Å². The highest BCUT2D eigenvalue weighted by Gasteiger charge is 2.46. The quantitative estimate of drug-likeness (QED) is 0.872. The molecule has 2 nitrogen and oxygen atoms in total. The molecule has 0 radical (unpaired) electrons. The average Bonchev–Trinajstić information content (AvgIpc) is 2.63. The van der Waals surface area contributed by atoms with Crippen LogP contribution in [0.15, 0.2) is 12.1 Å². The second kappa shape index (κ2) is 4.65. The predicted molar refractivity (Wildman–Crippen MR) is 69.2 cm³/mol. The molecular weight excluding hydrogens is 242 g/mol. The number of aliphatic hydroxyl groups is 1. The van der Waals surface area contributed by atoms with Gasteiger partial charge in [0.1, 0.15) is 0 Å². The highest BCUT2D eigenvalue weighted by molar-refractivity contribution is 7.16. The Morgan fingerprint density at radius 1 is 1.56 bits per heavy atom. The van der Waals surface area contributed by atoms with Gasteiger partial charge < -0.3 is 10.4 Å². The Kier molecular flexibility index (Phi) is 3.59. The van der Waals surface area contributed by atoms with E-state index in [1.807, 2.05) is 6.07 Å². The second-order valence-electron chi connectivity index (χ2n) is 5.04. The molecule has 0 aromatic carbocycles. The maximum absolute atomic E-state index is 9.61. The van der Waals surface area contributed by atoms with Crippen LogP contribution in [0.1, 0.15) is 25.1 Å². The van der Waals surface area contributed by atoms with Crippen molar-refractivity contribution in [3.05, 3.63) is 21.3 Å². The van der Waals surface area contributed by atoms with Gasteiger partial charge in [0.05, 0.1) is 10.4 Å². The highest BCUT2D eigenvalue weighted by Crippen LogP contribution is 2.40. The second-order valence-corrected chi connectivity index (χ2v) is 6.84. The van der Waals surface area contributed by atoms with E-state index >= 15 is 0 Å². The molecule has 1 aromatic heterocycles. The molecule has 16 heavy (non-hydrogen) atoms. The number of hydrogen-bond acceptors (Lipinski definition) is 3. The lowest BCUT2D eigenvalue weighted by atomic mass is 9.64. The fourth-order valence-corrected chi connectivity index (χ4v) is 3.19. The van der Waals surface area contributed by atoms with Gasteiger partial charge in [-0.25, -0.2) is 0 Å². The molecule has 2 rings (SSSR count). The molecule has 90 valence electrons. The highest BCUT2D eigenvalue weighted by atomic mass is 35.5. The standard InChI is InChI=1S/C12H18ClNOS/c1-12(2)9(7-10(12)15)14-6-5-8-3-4-11(13)16-8/h3-4,9-10,14-15H,5-7H2,1-2H3. The number of rotatable bonds is 4. The van der Waals surface area contributed by atoms with Crippen molar-refractivity contribution in [3.8, 4) is 0 Å². The Balaban J connectivity index is 1.73. The van der Waals surface area contributed by atoms with E-state index in [1.165, 1.54) is 4.88 Å². The minimum absolute atomic E-state index is 0.0209. The third-order valence-electron chi connectivity index (χ3n) is 3.61. The molecule has 2 N–H and O–H groups in total. The minimum atomic E-state index is -0.152. The van der Waals surface area contributed by atoms with Crippen LogP contribution in [0, 0.1) is 5.41 Å². The molecule has 1 heterocycles. The van der Waals surface area contributed by atoms with E-state index in [9.17, 15) is 5.11 Å². The Morgan fingerprint density at radius 3 is 2.81 bits per heavy atom. The first-order valence-electron chi connectivity index (χ1n) is 5.66. The lowest BCUT2D eigenvalue weighted by molar-refractivity contribution is -0.0720.